The van der Waals surface area contributed by atoms with Crippen LogP contribution in [0.5, 0.6) is 0 Å². The number of aryl methyl sites for hydroxylation is 1. The maximum atomic E-state index is 12.2. The van der Waals surface area contributed by atoms with Gasteiger partial charge < -0.3 is 14.6 Å². The number of hydrogen-bond acceptors (Lipinski definition) is 6. The van der Waals surface area contributed by atoms with Crippen molar-refractivity contribution in [1.82, 2.24) is 4.57 Å². The quantitative estimate of drug-likeness (QED) is 0.373. The zero-order valence-corrected chi connectivity index (χ0v) is 14.5. The maximum Gasteiger partial charge on any atom is 0.338 e. The van der Waals surface area contributed by atoms with Gasteiger partial charge in [0.05, 0.1) is 10.5 Å². The second-order valence-corrected chi connectivity index (χ2v) is 5.58. The number of carbonyl (C=O) groups excluding carboxylic acids is 2. The van der Waals surface area contributed by atoms with Gasteiger partial charge in [0.1, 0.15) is 5.69 Å². The fourth-order valence-corrected chi connectivity index (χ4v) is 2.45. The van der Waals surface area contributed by atoms with Crippen LogP contribution in [0.25, 0.3) is 0 Å². The first kappa shape index (κ1) is 18.2. The summed E-state index contributed by atoms with van der Waals surface area (Å²) in [5.41, 5.74) is 2.26. The number of benzene rings is 1. The molecule has 0 fully saturated rings. The SMILES string of the molecule is CNc1ccc(C(=O)OCC(=O)c2cc(C)n(C)c2C)cc1[N+](=O)[O-]. The van der Waals surface area contributed by atoms with E-state index in [2.05, 4.69) is 5.32 Å². The second-order valence-electron chi connectivity index (χ2n) is 5.58. The lowest BCUT2D eigenvalue weighted by atomic mass is 10.1. The molecule has 1 heterocycles. The molecule has 132 valence electrons. The molecule has 0 atom stereocenters. The zero-order chi connectivity index (χ0) is 18.7. The molecule has 2 aromatic rings. The summed E-state index contributed by atoms with van der Waals surface area (Å²) < 4.78 is 6.89. The van der Waals surface area contributed by atoms with Crippen LogP contribution in [0.4, 0.5) is 11.4 Å². The number of Topliss-reactive ketones (excluding diaryl/α,β-unsaturated/α-hetero) is 1. The minimum absolute atomic E-state index is 0.0134. The van der Waals surface area contributed by atoms with Crippen molar-refractivity contribution in [3.63, 3.8) is 0 Å². The number of hydrogen-bond donors (Lipinski definition) is 1. The van der Waals surface area contributed by atoms with E-state index < -0.39 is 17.5 Å². The number of anilines is 1. The van der Waals surface area contributed by atoms with E-state index in [1.165, 1.54) is 12.1 Å². The zero-order valence-electron chi connectivity index (χ0n) is 14.5. The highest BCUT2D eigenvalue weighted by Gasteiger charge is 2.20. The van der Waals surface area contributed by atoms with Gasteiger partial charge >= 0.3 is 5.97 Å². The van der Waals surface area contributed by atoms with Crippen molar-refractivity contribution < 1.29 is 19.2 Å². The molecule has 0 unspecified atom stereocenters. The number of nitro benzene ring substituents is 1. The van der Waals surface area contributed by atoms with Crippen LogP contribution in [0.2, 0.25) is 0 Å². The van der Waals surface area contributed by atoms with Gasteiger partial charge in [-0.2, -0.15) is 0 Å². The first-order chi connectivity index (χ1) is 11.8. The van der Waals surface area contributed by atoms with E-state index in [4.69, 9.17) is 4.74 Å². The van der Waals surface area contributed by atoms with Crippen molar-refractivity contribution in [3.8, 4) is 0 Å². The van der Waals surface area contributed by atoms with E-state index in [1.54, 1.807) is 13.1 Å². The van der Waals surface area contributed by atoms with Gasteiger partial charge in [-0.1, -0.05) is 0 Å². The van der Waals surface area contributed by atoms with Crippen molar-refractivity contribution in [3.05, 3.63) is 56.9 Å². The van der Waals surface area contributed by atoms with Crippen LogP contribution in [0.3, 0.4) is 0 Å². The lowest BCUT2D eigenvalue weighted by Crippen LogP contribution is -2.15. The Morgan fingerprint density at radius 1 is 1.28 bits per heavy atom. The Bertz CT molecular complexity index is 854. The molecule has 1 N–H and O–H groups in total. The number of carbonyl (C=O) groups is 2. The normalized spacial score (nSPS) is 10.4. The Morgan fingerprint density at radius 3 is 2.48 bits per heavy atom. The van der Waals surface area contributed by atoms with Crippen molar-refractivity contribution in [1.29, 1.82) is 0 Å². The predicted molar refractivity (Wildman–Crippen MR) is 92.1 cm³/mol. The maximum absolute atomic E-state index is 12.2. The number of ketones is 1. The third-order valence-corrected chi connectivity index (χ3v) is 4.11. The largest absolute Gasteiger partial charge is 0.454 e. The lowest BCUT2D eigenvalue weighted by molar-refractivity contribution is -0.384. The fourth-order valence-electron chi connectivity index (χ4n) is 2.45. The molecule has 0 aliphatic carbocycles. The molecule has 2 rings (SSSR count). The highest BCUT2D eigenvalue weighted by molar-refractivity contribution is 6.00. The first-order valence-electron chi connectivity index (χ1n) is 7.55. The lowest BCUT2D eigenvalue weighted by Gasteiger charge is -2.07. The molecule has 0 aliphatic rings. The number of nitrogens with one attached hydrogen (secondary N) is 1. The monoisotopic (exact) mass is 345 g/mol. The van der Waals surface area contributed by atoms with E-state index in [0.717, 1.165) is 17.5 Å². The topological polar surface area (TPSA) is 103 Å². The third-order valence-electron chi connectivity index (χ3n) is 4.11. The Hall–Kier alpha value is -3.16. The van der Waals surface area contributed by atoms with Crippen LogP contribution in [-0.4, -0.2) is 34.9 Å². The first-order valence-corrected chi connectivity index (χ1v) is 7.55. The minimum Gasteiger partial charge on any atom is -0.454 e. The highest BCUT2D eigenvalue weighted by atomic mass is 16.6. The highest BCUT2D eigenvalue weighted by Crippen LogP contribution is 2.25. The molecule has 1 aromatic carbocycles. The molecule has 1 aromatic heterocycles. The van der Waals surface area contributed by atoms with Gasteiger partial charge in [-0.3, -0.25) is 14.9 Å². The summed E-state index contributed by atoms with van der Waals surface area (Å²) in [6.07, 6.45) is 0. The van der Waals surface area contributed by atoms with Crippen LogP contribution in [0.15, 0.2) is 24.3 Å². The number of rotatable bonds is 6. The Labute approximate surface area is 144 Å². The molecule has 0 saturated carbocycles. The summed E-state index contributed by atoms with van der Waals surface area (Å²) in [5, 5.41) is 13.7. The molecule has 0 bridgehead atoms. The molecule has 0 aliphatic heterocycles. The fraction of sp³-hybridized carbons (Fsp3) is 0.294. The van der Waals surface area contributed by atoms with Crippen molar-refractivity contribution >= 4 is 23.1 Å². The van der Waals surface area contributed by atoms with Crippen LogP contribution in [0.1, 0.15) is 32.1 Å². The summed E-state index contributed by atoms with van der Waals surface area (Å²) in [6.45, 7) is 3.25. The van der Waals surface area contributed by atoms with E-state index >= 15 is 0 Å². The summed E-state index contributed by atoms with van der Waals surface area (Å²) >= 11 is 0. The van der Waals surface area contributed by atoms with E-state index in [-0.39, 0.29) is 22.7 Å². The van der Waals surface area contributed by atoms with Crippen molar-refractivity contribution in [2.24, 2.45) is 7.05 Å². The number of aromatic nitrogens is 1. The molecule has 8 heteroatoms. The van der Waals surface area contributed by atoms with Gasteiger partial charge in [-0.25, -0.2) is 4.79 Å². The van der Waals surface area contributed by atoms with Gasteiger partial charge in [0, 0.05) is 37.1 Å². The summed E-state index contributed by atoms with van der Waals surface area (Å²) in [4.78, 5) is 34.8. The van der Waals surface area contributed by atoms with Gasteiger partial charge in [0.15, 0.2) is 6.61 Å². The smallest absolute Gasteiger partial charge is 0.338 e. The van der Waals surface area contributed by atoms with Crippen LogP contribution < -0.4 is 5.32 Å². The van der Waals surface area contributed by atoms with E-state index in [9.17, 15) is 19.7 Å². The van der Waals surface area contributed by atoms with Gasteiger partial charge in [-0.15, -0.1) is 0 Å². The minimum atomic E-state index is -0.788. The average molecular weight is 345 g/mol. The van der Waals surface area contributed by atoms with E-state index in [1.807, 2.05) is 25.5 Å². The number of nitro groups is 1. The molecule has 0 saturated heterocycles. The van der Waals surface area contributed by atoms with Gasteiger partial charge in [0.2, 0.25) is 5.78 Å². The molecule has 25 heavy (non-hydrogen) atoms. The predicted octanol–water partition coefficient (Wildman–Crippen LogP) is 2.63. The molecule has 0 spiro atoms. The Kier molecular flexibility index (Phi) is 5.21. The Balaban J connectivity index is 2.12. The average Bonchev–Trinajstić information content (AvgIpc) is 2.86. The molecule has 0 radical (unpaired) electrons. The number of esters is 1. The standard InChI is InChI=1S/C17H19N3O5/c1-10-7-13(11(2)19(10)4)16(21)9-25-17(22)12-5-6-14(18-3)15(8-12)20(23)24/h5-8,18H,9H2,1-4H3. The van der Waals surface area contributed by atoms with Crippen molar-refractivity contribution in [2.45, 2.75) is 13.8 Å². The van der Waals surface area contributed by atoms with Crippen LogP contribution in [0, 0.1) is 24.0 Å². The second kappa shape index (κ2) is 7.16. The van der Waals surface area contributed by atoms with Gasteiger partial charge in [0.25, 0.3) is 5.69 Å². The number of nitrogens with zero attached hydrogens (tertiary/aromatic N) is 2. The Morgan fingerprint density at radius 2 is 1.96 bits per heavy atom. The summed E-state index contributed by atoms with van der Waals surface area (Å²) in [5.74, 6) is -1.11. The molecule has 0 amide bonds. The van der Waals surface area contributed by atoms with E-state index in [0.29, 0.717) is 5.56 Å². The molecular formula is C17H19N3O5. The molecular weight excluding hydrogens is 326 g/mol. The number of ether oxygens (including phenoxy) is 1. The van der Waals surface area contributed by atoms with Crippen LogP contribution in [-0.2, 0) is 11.8 Å². The summed E-state index contributed by atoms with van der Waals surface area (Å²) in [6, 6.07) is 5.68. The van der Waals surface area contributed by atoms with Crippen molar-refractivity contribution in [2.75, 3.05) is 19.0 Å². The summed E-state index contributed by atoms with van der Waals surface area (Å²) in [7, 11) is 3.39. The third kappa shape index (κ3) is 3.68. The van der Waals surface area contributed by atoms with Gasteiger partial charge in [-0.05, 0) is 32.0 Å². The van der Waals surface area contributed by atoms with Crippen LogP contribution >= 0.6 is 0 Å². The molecule has 8 nitrogen and oxygen atoms in total.